The average Bonchev–Trinajstić information content (AvgIpc) is 3.38. The third-order valence-electron chi connectivity index (χ3n) is 4.55. The average molecular weight is 406 g/mol. The second-order valence-corrected chi connectivity index (χ2v) is 6.67. The van der Waals surface area contributed by atoms with Gasteiger partial charge in [-0.3, -0.25) is 19.5 Å². The maximum Gasteiger partial charge on any atom is 0.338 e. The molecule has 0 aliphatic carbocycles. The van der Waals surface area contributed by atoms with Crippen molar-refractivity contribution < 1.29 is 23.6 Å². The van der Waals surface area contributed by atoms with Gasteiger partial charge in [0.2, 0.25) is 23.5 Å². The van der Waals surface area contributed by atoms with Crippen molar-refractivity contribution in [3.8, 4) is 11.4 Å². The van der Waals surface area contributed by atoms with Crippen LogP contribution in [0.3, 0.4) is 0 Å². The van der Waals surface area contributed by atoms with Gasteiger partial charge in [0, 0.05) is 37.2 Å². The molecule has 0 radical (unpaired) electrons. The number of pyridine rings is 1. The summed E-state index contributed by atoms with van der Waals surface area (Å²) in [6.07, 6.45) is 4.64. The third kappa shape index (κ3) is 4.24. The van der Waals surface area contributed by atoms with Gasteiger partial charge in [-0.2, -0.15) is 4.98 Å². The monoisotopic (exact) mass is 406 g/mol. The lowest BCUT2D eigenvalue weighted by Crippen LogP contribution is -2.28. The Morgan fingerprint density at radius 1 is 1.13 bits per heavy atom. The summed E-state index contributed by atoms with van der Waals surface area (Å²) < 4.78 is 10.5. The molecule has 0 saturated carbocycles. The fourth-order valence-electron chi connectivity index (χ4n) is 3.08. The molecule has 1 fully saturated rings. The highest BCUT2D eigenvalue weighted by atomic mass is 16.5. The lowest BCUT2D eigenvalue weighted by molar-refractivity contribution is -0.121. The van der Waals surface area contributed by atoms with Gasteiger partial charge < -0.3 is 9.26 Å². The van der Waals surface area contributed by atoms with Gasteiger partial charge in [-0.1, -0.05) is 11.2 Å². The van der Waals surface area contributed by atoms with Crippen LogP contribution in [0.2, 0.25) is 0 Å². The molecule has 3 heterocycles. The van der Waals surface area contributed by atoms with Gasteiger partial charge >= 0.3 is 5.97 Å². The fraction of sp³-hybridized carbons (Fsp3) is 0.238. The Bertz CT molecular complexity index is 1060. The number of ether oxygens (including phenoxy) is 1. The van der Waals surface area contributed by atoms with E-state index in [1.807, 2.05) is 6.07 Å². The first-order valence-electron chi connectivity index (χ1n) is 9.48. The number of benzene rings is 1. The maximum absolute atomic E-state index is 12.3. The quantitative estimate of drug-likeness (QED) is 0.334. The van der Waals surface area contributed by atoms with Crippen molar-refractivity contribution in [2.45, 2.75) is 25.7 Å². The topological polar surface area (TPSA) is 115 Å². The number of rotatable bonds is 7. The first kappa shape index (κ1) is 19.4. The van der Waals surface area contributed by atoms with Crippen LogP contribution in [0, 0.1) is 0 Å². The Kier molecular flexibility index (Phi) is 5.60. The summed E-state index contributed by atoms with van der Waals surface area (Å²) in [6, 6.07) is 9.92. The third-order valence-corrected chi connectivity index (χ3v) is 4.55. The van der Waals surface area contributed by atoms with Crippen LogP contribution in [0.25, 0.3) is 11.4 Å². The molecule has 0 atom stereocenters. The Morgan fingerprint density at radius 3 is 2.73 bits per heavy atom. The minimum atomic E-state index is -0.530. The first-order chi connectivity index (χ1) is 14.6. The molecular weight excluding hydrogens is 388 g/mol. The van der Waals surface area contributed by atoms with E-state index >= 15 is 0 Å². The number of aryl methyl sites for hydroxylation is 1. The van der Waals surface area contributed by atoms with Crippen LogP contribution in [-0.2, 0) is 20.7 Å². The Labute approximate surface area is 171 Å². The highest BCUT2D eigenvalue weighted by Crippen LogP contribution is 2.23. The summed E-state index contributed by atoms with van der Waals surface area (Å²) in [5, 5.41) is 3.91. The second kappa shape index (κ2) is 8.64. The summed E-state index contributed by atoms with van der Waals surface area (Å²) in [6.45, 7) is 0.162. The van der Waals surface area contributed by atoms with Crippen molar-refractivity contribution >= 4 is 23.5 Å². The van der Waals surface area contributed by atoms with E-state index in [1.54, 1.807) is 36.7 Å². The van der Waals surface area contributed by atoms with Gasteiger partial charge in [-0.05, 0) is 36.8 Å². The Hall–Kier alpha value is -3.88. The number of nitrogens with zero attached hydrogens (tertiary/aromatic N) is 4. The Balaban J connectivity index is 1.29. The van der Waals surface area contributed by atoms with Crippen LogP contribution in [0.4, 0.5) is 5.69 Å². The Morgan fingerprint density at radius 2 is 1.97 bits per heavy atom. The molecular formula is C21H18N4O5. The normalized spacial score (nSPS) is 13.7. The highest BCUT2D eigenvalue weighted by Gasteiger charge is 2.30. The van der Waals surface area contributed by atoms with E-state index in [2.05, 4.69) is 15.1 Å². The van der Waals surface area contributed by atoms with Gasteiger partial charge in [0.05, 0.1) is 17.9 Å². The van der Waals surface area contributed by atoms with Crippen molar-refractivity contribution in [2.75, 3.05) is 11.5 Å². The van der Waals surface area contributed by atoms with E-state index in [-0.39, 0.29) is 36.8 Å². The molecule has 9 heteroatoms. The van der Waals surface area contributed by atoms with E-state index in [4.69, 9.17) is 9.26 Å². The molecule has 1 saturated heterocycles. The van der Waals surface area contributed by atoms with Crippen molar-refractivity contribution in [3.63, 3.8) is 0 Å². The number of esters is 1. The zero-order valence-corrected chi connectivity index (χ0v) is 16.0. The predicted molar refractivity (Wildman–Crippen MR) is 104 cm³/mol. The van der Waals surface area contributed by atoms with Crippen LogP contribution in [0.5, 0.6) is 0 Å². The molecule has 0 bridgehead atoms. The number of hydrogen-bond acceptors (Lipinski definition) is 8. The van der Waals surface area contributed by atoms with Crippen LogP contribution in [0.15, 0.2) is 53.3 Å². The van der Waals surface area contributed by atoms with Crippen molar-refractivity contribution in [3.05, 3.63) is 60.2 Å². The number of carbonyl (C=O) groups excluding carboxylic acids is 3. The molecule has 3 aromatic rings. The standard InChI is InChI=1S/C21H18N4O5/c26-18-8-9-19(27)25(18)16-6-1-4-14(12-16)21(28)29-11-3-7-17-23-20(24-30-17)15-5-2-10-22-13-15/h1-2,4-6,10,12-13H,3,7-9,11H2. The lowest BCUT2D eigenvalue weighted by atomic mass is 10.2. The predicted octanol–water partition coefficient (Wildman–Crippen LogP) is 2.57. The molecule has 1 aromatic carbocycles. The van der Waals surface area contributed by atoms with Crippen molar-refractivity contribution in [2.24, 2.45) is 0 Å². The number of amides is 2. The molecule has 1 aliphatic heterocycles. The van der Waals surface area contributed by atoms with Crippen LogP contribution < -0.4 is 4.90 Å². The highest BCUT2D eigenvalue weighted by molar-refractivity contribution is 6.20. The van der Waals surface area contributed by atoms with E-state index in [0.29, 0.717) is 30.2 Å². The minimum absolute atomic E-state index is 0.162. The summed E-state index contributed by atoms with van der Waals surface area (Å²) in [4.78, 5) is 45.5. The number of imide groups is 1. The van der Waals surface area contributed by atoms with Gasteiger partial charge in [-0.25, -0.2) is 4.79 Å². The largest absolute Gasteiger partial charge is 0.462 e. The number of anilines is 1. The van der Waals surface area contributed by atoms with E-state index in [1.165, 1.54) is 6.07 Å². The van der Waals surface area contributed by atoms with Gasteiger partial charge in [-0.15, -0.1) is 0 Å². The molecule has 2 aromatic heterocycles. The lowest BCUT2D eigenvalue weighted by Gasteiger charge is -2.14. The summed E-state index contributed by atoms with van der Waals surface area (Å²) in [5.41, 5.74) is 1.41. The van der Waals surface area contributed by atoms with E-state index in [9.17, 15) is 14.4 Å². The molecule has 9 nitrogen and oxygen atoms in total. The zero-order chi connectivity index (χ0) is 20.9. The van der Waals surface area contributed by atoms with Crippen LogP contribution in [-0.4, -0.2) is 39.5 Å². The molecule has 4 rings (SSSR count). The zero-order valence-electron chi connectivity index (χ0n) is 16.0. The smallest absolute Gasteiger partial charge is 0.338 e. The number of hydrogen-bond donors (Lipinski definition) is 0. The summed E-state index contributed by atoms with van der Waals surface area (Å²) >= 11 is 0. The van der Waals surface area contributed by atoms with Crippen LogP contribution >= 0.6 is 0 Å². The van der Waals surface area contributed by atoms with E-state index < -0.39 is 5.97 Å². The molecule has 0 N–H and O–H groups in total. The molecule has 1 aliphatic rings. The van der Waals surface area contributed by atoms with Crippen LogP contribution in [0.1, 0.15) is 35.5 Å². The number of aromatic nitrogens is 3. The molecule has 0 spiro atoms. The number of carbonyl (C=O) groups is 3. The maximum atomic E-state index is 12.3. The van der Waals surface area contributed by atoms with Gasteiger partial charge in [0.15, 0.2) is 0 Å². The summed E-state index contributed by atoms with van der Waals surface area (Å²) in [5.74, 6) is -0.167. The second-order valence-electron chi connectivity index (χ2n) is 6.67. The minimum Gasteiger partial charge on any atom is -0.462 e. The first-order valence-corrected chi connectivity index (χ1v) is 9.48. The molecule has 2 amide bonds. The molecule has 0 unspecified atom stereocenters. The summed E-state index contributed by atoms with van der Waals surface area (Å²) in [7, 11) is 0. The van der Waals surface area contributed by atoms with Crippen molar-refractivity contribution in [1.29, 1.82) is 0 Å². The van der Waals surface area contributed by atoms with E-state index in [0.717, 1.165) is 10.5 Å². The SMILES string of the molecule is O=C(OCCCc1nc(-c2cccnc2)no1)c1cccc(N2C(=O)CCC2=O)c1. The fourth-order valence-corrected chi connectivity index (χ4v) is 3.08. The van der Waals surface area contributed by atoms with Gasteiger partial charge in [0.25, 0.3) is 0 Å². The molecule has 152 valence electrons. The van der Waals surface area contributed by atoms with Gasteiger partial charge in [0.1, 0.15) is 0 Å². The van der Waals surface area contributed by atoms with Crippen molar-refractivity contribution in [1.82, 2.24) is 15.1 Å². The molecule has 30 heavy (non-hydrogen) atoms.